The number of hydrogen-bond donors (Lipinski definition) is 2. The number of rotatable bonds is 7. The molecule has 2 aromatic rings. The zero-order valence-corrected chi connectivity index (χ0v) is 14.8. The Labute approximate surface area is 144 Å². The molecule has 23 heavy (non-hydrogen) atoms. The summed E-state index contributed by atoms with van der Waals surface area (Å²) in [6.45, 7) is 4.49. The minimum atomic E-state index is -0.192. The molecule has 0 bridgehead atoms. The van der Waals surface area contributed by atoms with Crippen LogP contribution in [-0.2, 0) is 11.3 Å². The first-order chi connectivity index (χ1) is 11.1. The van der Waals surface area contributed by atoms with E-state index in [1.807, 2.05) is 19.1 Å². The number of aromatic nitrogens is 2. The maximum Gasteiger partial charge on any atom is 0.233 e. The van der Waals surface area contributed by atoms with Gasteiger partial charge in [0.05, 0.1) is 5.25 Å². The molecule has 0 saturated heterocycles. The third-order valence-corrected chi connectivity index (χ3v) is 5.58. The lowest BCUT2D eigenvalue weighted by Crippen LogP contribution is -2.30. The summed E-state index contributed by atoms with van der Waals surface area (Å²) < 4.78 is 0.825. The molecule has 122 valence electrons. The highest BCUT2D eigenvalue weighted by Crippen LogP contribution is 2.32. The van der Waals surface area contributed by atoms with Gasteiger partial charge >= 0.3 is 0 Å². The van der Waals surface area contributed by atoms with E-state index < -0.39 is 0 Å². The second-order valence-electron chi connectivity index (χ2n) is 5.76. The predicted octanol–water partition coefficient (Wildman–Crippen LogP) is 3.22. The van der Waals surface area contributed by atoms with E-state index in [9.17, 15) is 4.79 Å². The van der Waals surface area contributed by atoms with Crippen LogP contribution in [0.25, 0.3) is 0 Å². The Morgan fingerprint density at radius 1 is 1.35 bits per heavy atom. The van der Waals surface area contributed by atoms with Crippen LogP contribution in [0.15, 0.2) is 28.6 Å². The Balaban J connectivity index is 1.46. The fraction of sp³-hybridized carbons (Fsp3) is 0.438. The normalized spacial score (nSPS) is 15.2. The summed E-state index contributed by atoms with van der Waals surface area (Å²) in [5, 5.41) is 15.2. The molecule has 1 atom stereocenters. The Morgan fingerprint density at radius 2 is 2.09 bits per heavy atom. The molecule has 3 rings (SSSR count). The van der Waals surface area contributed by atoms with Crippen molar-refractivity contribution in [2.75, 3.05) is 5.32 Å². The van der Waals surface area contributed by atoms with E-state index in [2.05, 4.69) is 39.9 Å². The summed E-state index contributed by atoms with van der Waals surface area (Å²) in [7, 11) is 0. The van der Waals surface area contributed by atoms with Gasteiger partial charge in [-0.25, -0.2) is 0 Å². The number of amides is 1. The number of nitrogens with one attached hydrogen (secondary N) is 2. The van der Waals surface area contributed by atoms with Gasteiger partial charge in [-0.05, 0) is 32.3 Å². The maximum atomic E-state index is 12.2. The van der Waals surface area contributed by atoms with Gasteiger partial charge in [0.25, 0.3) is 0 Å². The van der Waals surface area contributed by atoms with Crippen molar-refractivity contribution in [3.05, 3.63) is 35.4 Å². The number of nitrogens with zero attached hydrogens (tertiary/aromatic N) is 2. The zero-order chi connectivity index (χ0) is 16.2. The average molecular weight is 348 g/mol. The quantitative estimate of drug-likeness (QED) is 0.752. The van der Waals surface area contributed by atoms with Gasteiger partial charge in [-0.15, -0.1) is 10.2 Å². The van der Waals surface area contributed by atoms with E-state index in [1.54, 1.807) is 0 Å². The van der Waals surface area contributed by atoms with Gasteiger partial charge < -0.3 is 10.6 Å². The van der Waals surface area contributed by atoms with E-state index in [0.717, 1.165) is 15.0 Å². The zero-order valence-electron chi connectivity index (χ0n) is 13.2. The smallest absolute Gasteiger partial charge is 0.233 e. The first-order valence-electron chi connectivity index (χ1n) is 7.70. The summed E-state index contributed by atoms with van der Waals surface area (Å²) in [6.07, 6.45) is 2.42. The van der Waals surface area contributed by atoms with Gasteiger partial charge in [0.1, 0.15) is 0 Å². The average Bonchev–Trinajstić information content (AvgIpc) is 3.25. The SMILES string of the molecule is Cc1ccc(CNC(=O)C(C)Sc2nnc(NC3CC3)s2)cc1. The molecule has 1 amide bonds. The summed E-state index contributed by atoms with van der Waals surface area (Å²) in [4.78, 5) is 12.2. The predicted molar refractivity (Wildman–Crippen MR) is 94.9 cm³/mol. The molecule has 7 heteroatoms. The molecule has 1 aliphatic rings. The minimum Gasteiger partial charge on any atom is -0.357 e. The molecule has 1 aliphatic carbocycles. The molecular formula is C16H20N4OS2. The number of carbonyl (C=O) groups is 1. The van der Waals surface area contributed by atoms with E-state index in [1.165, 1.54) is 41.5 Å². The molecule has 0 aliphatic heterocycles. The first-order valence-corrected chi connectivity index (χ1v) is 9.40. The highest BCUT2D eigenvalue weighted by atomic mass is 32.2. The van der Waals surface area contributed by atoms with Crippen LogP contribution >= 0.6 is 23.1 Å². The number of benzene rings is 1. The van der Waals surface area contributed by atoms with Gasteiger partial charge in [0.15, 0.2) is 4.34 Å². The van der Waals surface area contributed by atoms with Gasteiger partial charge in [-0.3, -0.25) is 4.79 Å². The van der Waals surface area contributed by atoms with Gasteiger partial charge in [0, 0.05) is 12.6 Å². The summed E-state index contributed by atoms with van der Waals surface area (Å²) in [6, 6.07) is 8.74. The molecule has 1 unspecified atom stereocenters. The van der Waals surface area contributed by atoms with Crippen LogP contribution in [0, 0.1) is 6.92 Å². The third-order valence-electron chi connectivity index (χ3n) is 3.55. The van der Waals surface area contributed by atoms with Crippen molar-refractivity contribution in [1.82, 2.24) is 15.5 Å². The second kappa shape index (κ2) is 7.31. The van der Waals surface area contributed by atoms with Crippen molar-refractivity contribution in [1.29, 1.82) is 0 Å². The van der Waals surface area contributed by atoms with Crippen LogP contribution in [0.4, 0.5) is 5.13 Å². The van der Waals surface area contributed by atoms with Gasteiger partial charge in [-0.2, -0.15) is 0 Å². The number of aryl methyl sites for hydroxylation is 1. The molecule has 1 fully saturated rings. The van der Waals surface area contributed by atoms with Crippen LogP contribution < -0.4 is 10.6 Å². The Morgan fingerprint density at radius 3 is 2.78 bits per heavy atom. The lowest BCUT2D eigenvalue weighted by Gasteiger charge is -2.10. The summed E-state index contributed by atoms with van der Waals surface area (Å²) in [5.41, 5.74) is 2.32. The molecule has 0 radical (unpaired) electrons. The fourth-order valence-corrected chi connectivity index (χ4v) is 3.96. The lowest BCUT2D eigenvalue weighted by atomic mass is 10.1. The third kappa shape index (κ3) is 4.94. The van der Waals surface area contributed by atoms with E-state index in [0.29, 0.717) is 12.6 Å². The molecule has 5 nitrogen and oxygen atoms in total. The molecule has 1 aromatic carbocycles. The maximum absolute atomic E-state index is 12.2. The van der Waals surface area contributed by atoms with Crippen LogP contribution in [-0.4, -0.2) is 27.4 Å². The topological polar surface area (TPSA) is 66.9 Å². The van der Waals surface area contributed by atoms with Crippen molar-refractivity contribution in [2.24, 2.45) is 0 Å². The van der Waals surface area contributed by atoms with Crippen molar-refractivity contribution in [3.8, 4) is 0 Å². The molecule has 1 heterocycles. The Hall–Kier alpha value is -1.60. The lowest BCUT2D eigenvalue weighted by molar-refractivity contribution is -0.120. The molecular weight excluding hydrogens is 328 g/mol. The van der Waals surface area contributed by atoms with Crippen molar-refractivity contribution < 1.29 is 4.79 Å². The van der Waals surface area contributed by atoms with Crippen LogP contribution in [0.2, 0.25) is 0 Å². The fourth-order valence-electron chi connectivity index (χ4n) is 1.96. The van der Waals surface area contributed by atoms with Gasteiger partial charge in [-0.1, -0.05) is 52.9 Å². The van der Waals surface area contributed by atoms with Crippen LogP contribution in [0.3, 0.4) is 0 Å². The monoisotopic (exact) mass is 348 g/mol. The highest BCUT2D eigenvalue weighted by Gasteiger charge is 2.23. The largest absolute Gasteiger partial charge is 0.357 e. The number of carbonyl (C=O) groups excluding carboxylic acids is 1. The van der Waals surface area contributed by atoms with Crippen LogP contribution in [0.5, 0.6) is 0 Å². The van der Waals surface area contributed by atoms with E-state index >= 15 is 0 Å². The first kappa shape index (κ1) is 16.3. The summed E-state index contributed by atoms with van der Waals surface area (Å²) >= 11 is 2.96. The molecule has 1 aromatic heterocycles. The number of anilines is 1. The van der Waals surface area contributed by atoms with E-state index in [4.69, 9.17) is 0 Å². The summed E-state index contributed by atoms with van der Waals surface area (Å²) in [5.74, 6) is 0.0162. The molecule has 0 spiro atoms. The van der Waals surface area contributed by atoms with Crippen molar-refractivity contribution >= 4 is 34.1 Å². The Bertz CT molecular complexity index is 667. The molecule has 2 N–H and O–H groups in total. The second-order valence-corrected chi connectivity index (χ2v) is 8.32. The number of hydrogen-bond acceptors (Lipinski definition) is 6. The van der Waals surface area contributed by atoms with Crippen LogP contribution in [0.1, 0.15) is 30.9 Å². The standard InChI is InChI=1S/C16H20N4OS2/c1-10-3-5-12(6-4-10)9-17-14(21)11(2)22-16-20-19-15(23-16)18-13-7-8-13/h3-6,11,13H,7-9H2,1-2H3,(H,17,21)(H,18,19). The van der Waals surface area contributed by atoms with Crippen molar-refractivity contribution in [2.45, 2.75) is 48.9 Å². The minimum absolute atomic E-state index is 0.0162. The van der Waals surface area contributed by atoms with Gasteiger partial charge in [0.2, 0.25) is 11.0 Å². The Kier molecular flexibility index (Phi) is 5.17. The highest BCUT2D eigenvalue weighted by molar-refractivity contribution is 8.02. The van der Waals surface area contributed by atoms with E-state index in [-0.39, 0.29) is 11.2 Å². The number of thioether (sulfide) groups is 1. The van der Waals surface area contributed by atoms with Crippen molar-refractivity contribution in [3.63, 3.8) is 0 Å². The molecule has 1 saturated carbocycles.